The van der Waals surface area contributed by atoms with Crippen LogP contribution in [0.25, 0.3) is 0 Å². The average Bonchev–Trinajstić information content (AvgIpc) is 2.65. The first-order valence-electron chi connectivity index (χ1n) is 8.28. The first-order chi connectivity index (χ1) is 12.0. The first-order valence-corrected chi connectivity index (χ1v) is 8.28. The molecule has 0 radical (unpaired) electrons. The highest BCUT2D eigenvalue weighted by Crippen LogP contribution is 2.23. The maximum atomic E-state index is 12.4. The molecule has 0 aliphatic heterocycles. The van der Waals surface area contributed by atoms with Crippen LogP contribution in [-0.2, 0) is 20.7 Å². The molecular weight excluding hydrogens is 352 g/mol. The molecule has 2 unspecified atom stereocenters. The third-order valence-electron chi connectivity index (χ3n) is 4.22. The minimum absolute atomic E-state index is 0. The minimum Gasteiger partial charge on any atom is -0.469 e. The van der Waals surface area contributed by atoms with Crippen molar-refractivity contribution >= 4 is 30.0 Å². The van der Waals surface area contributed by atoms with Crippen LogP contribution < -0.4 is 11.1 Å². The number of nitrogens with one attached hydrogen (secondary N) is 1. The second-order valence-corrected chi connectivity index (χ2v) is 5.97. The zero-order chi connectivity index (χ0) is 18.2. The van der Waals surface area contributed by atoms with Gasteiger partial charge in [-0.1, -0.05) is 48.5 Å². The van der Waals surface area contributed by atoms with E-state index in [4.69, 9.17) is 10.5 Å². The highest BCUT2D eigenvalue weighted by Gasteiger charge is 2.27. The van der Waals surface area contributed by atoms with Crippen molar-refractivity contribution in [3.8, 4) is 0 Å². The molecule has 26 heavy (non-hydrogen) atoms. The molecule has 2 rings (SSSR count). The van der Waals surface area contributed by atoms with Crippen LogP contribution in [0.1, 0.15) is 30.5 Å². The number of ether oxygens (including phenoxy) is 1. The van der Waals surface area contributed by atoms with E-state index in [1.807, 2.05) is 54.6 Å². The molecule has 0 spiro atoms. The number of hydrogen-bond acceptors (Lipinski definition) is 4. The van der Waals surface area contributed by atoms with Crippen LogP contribution in [0.15, 0.2) is 54.6 Å². The van der Waals surface area contributed by atoms with Gasteiger partial charge in [0.15, 0.2) is 0 Å². The smallest absolute Gasteiger partial charge is 0.310 e. The Labute approximate surface area is 160 Å². The minimum atomic E-state index is -0.488. The number of para-hydroxylation sites is 1. The fraction of sp³-hybridized carbons (Fsp3) is 0.300. The van der Waals surface area contributed by atoms with Gasteiger partial charge in [0.1, 0.15) is 0 Å². The largest absolute Gasteiger partial charge is 0.469 e. The van der Waals surface area contributed by atoms with Crippen LogP contribution in [0, 0.1) is 5.92 Å². The Kier molecular flexibility index (Phi) is 8.65. The Balaban J connectivity index is 0.00000338. The Morgan fingerprint density at radius 3 is 2.31 bits per heavy atom. The summed E-state index contributed by atoms with van der Waals surface area (Å²) in [4.78, 5) is 24.4. The predicted octanol–water partition coefficient (Wildman–Crippen LogP) is 3.29. The molecule has 1 amide bonds. The maximum absolute atomic E-state index is 12.4. The van der Waals surface area contributed by atoms with Gasteiger partial charge >= 0.3 is 5.97 Å². The van der Waals surface area contributed by atoms with Crippen LogP contribution in [0.4, 0.5) is 5.69 Å². The molecule has 2 atom stereocenters. The number of carbonyl (C=O) groups is 2. The third-order valence-corrected chi connectivity index (χ3v) is 4.22. The molecule has 0 aliphatic rings. The van der Waals surface area contributed by atoms with Gasteiger partial charge in [0.2, 0.25) is 5.91 Å². The van der Waals surface area contributed by atoms with Gasteiger partial charge in [0.25, 0.3) is 0 Å². The summed E-state index contributed by atoms with van der Waals surface area (Å²) in [5.74, 6) is -0.979. The maximum Gasteiger partial charge on any atom is 0.310 e. The zero-order valence-electron chi connectivity index (χ0n) is 15.0. The van der Waals surface area contributed by atoms with Gasteiger partial charge in [-0.05, 0) is 30.5 Å². The average molecular weight is 377 g/mol. The number of anilines is 1. The lowest BCUT2D eigenvalue weighted by Gasteiger charge is -2.24. The molecule has 3 N–H and O–H groups in total. The van der Waals surface area contributed by atoms with E-state index in [-0.39, 0.29) is 24.3 Å². The standard InChI is InChI=1S/C20H24N2O3.ClH/c1-14(20(24)25-2)19(16-9-4-3-5-10-16)22-18(23)13-12-15-8-6-7-11-17(15)21;/h3-11,14,19H,12-13,21H2,1-2H3,(H,22,23);1H. The molecule has 2 aromatic rings. The van der Waals surface area contributed by atoms with E-state index in [9.17, 15) is 9.59 Å². The SMILES string of the molecule is COC(=O)C(C)C(NC(=O)CCc1ccccc1N)c1ccccc1.Cl. The Bertz CT molecular complexity index is 722. The van der Waals surface area contributed by atoms with Crippen molar-refractivity contribution in [1.29, 1.82) is 0 Å². The summed E-state index contributed by atoms with van der Waals surface area (Å²) in [6.07, 6.45) is 0.845. The van der Waals surface area contributed by atoms with E-state index in [1.165, 1.54) is 7.11 Å². The highest BCUT2D eigenvalue weighted by molar-refractivity contribution is 5.85. The molecule has 0 heterocycles. The van der Waals surface area contributed by atoms with Crippen molar-refractivity contribution in [2.45, 2.75) is 25.8 Å². The fourth-order valence-corrected chi connectivity index (χ4v) is 2.74. The van der Waals surface area contributed by atoms with Crippen molar-refractivity contribution in [3.05, 3.63) is 65.7 Å². The molecular formula is C20H25ClN2O3. The van der Waals surface area contributed by atoms with Crippen LogP contribution >= 0.6 is 12.4 Å². The van der Waals surface area contributed by atoms with E-state index in [0.717, 1.165) is 11.1 Å². The summed E-state index contributed by atoms with van der Waals surface area (Å²) in [5.41, 5.74) is 8.40. The molecule has 0 saturated carbocycles. The topological polar surface area (TPSA) is 81.4 Å². The molecule has 0 bridgehead atoms. The molecule has 0 aliphatic carbocycles. The molecule has 0 aromatic heterocycles. The quantitative estimate of drug-likeness (QED) is 0.574. The number of esters is 1. The second kappa shape index (κ2) is 10.5. The lowest BCUT2D eigenvalue weighted by atomic mass is 9.94. The van der Waals surface area contributed by atoms with E-state index >= 15 is 0 Å². The summed E-state index contributed by atoms with van der Waals surface area (Å²) >= 11 is 0. The van der Waals surface area contributed by atoms with Gasteiger partial charge in [0.05, 0.1) is 19.1 Å². The number of halogens is 1. The number of rotatable bonds is 7. The van der Waals surface area contributed by atoms with E-state index in [2.05, 4.69) is 5.32 Å². The number of nitrogen functional groups attached to an aromatic ring is 1. The summed E-state index contributed by atoms with van der Waals surface area (Å²) < 4.78 is 4.83. The van der Waals surface area contributed by atoms with Crippen LogP contribution in [-0.4, -0.2) is 19.0 Å². The fourth-order valence-electron chi connectivity index (χ4n) is 2.74. The van der Waals surface area contributed by atoms with E-state index in [0.29, 0.717) is 18.5 Å². The van der Waals surface area contributed by atoms with Crippen molar-refractivity contribution in [2.24, 2.45) is 5.92 Å². The van der Waals surface area contributed by atoms with Crippen LogP contribution in [0.3, 0.4) is 0 Å². The number of hydrogen-bond donors (Lipinski definition) is 2. The molecule has 6 heteroatoms. The van der Waals surface area contributed by atoms with Gasteiger partial charge in [-0.15, -0.1) is 12.4 Å². The zero-order valence-corrected chi connectivity index (χ0v) is 15.8. The van der Waals surface area contributed by atoms with Crippen molar-refractivity contribution < 1.29 is 14.3 Å². The highest BCUT2D eigenvalue weighted by atomic mass is 35.5. The van der Waals surface area contributed by atoms with E-state index < -0.39 is 12.0 Å². The Morgan fingerprint density at radius 1 is 1.08 bits per heavy atom. The molecule has 5 nitrogen and oxygen atoms in total. The van der Waals surface area contributed by atoms with Crippen molar-refractivity contribution in [2.75, 3.05) is 12.8 Å². The van der Waals surface area contributed by atoms with E-state index in [1.54, 1.807) is 6.92 Å². The molecule has 0 fully saturated rings. The van der Waals surface area contributed by atoms with Gasteiger partial charge < -0.3 is 15.8 Å². The van der Waals surface area contributed by atoms with Crippen LogP contribution in [0.5, 0.6) is 0 Å². The number of nitrogens with two attached hydrogens (primary N) is 1. The van der Waals surface area contributed by atoms with Gasteiger partial charge in [0, 0.05) is 12.1 Å². The van der Waals surface area contributed by atoms with Gasteiger partial charge in [-0.25, -0.2) is 0 Å². The van der Waals surface area contributed by atoms with Crippen molar-refractivity contribution in [1.82, 2.24) is 5.32 Å². The Hall–Kier alpha value is -2.53. The summed E-state index contributed by atoms with van der Waals surface area (Å²) in [6.45, 7) is 1.75. The Morgan fingerprint density at radius 2 is 1.69 bits per heavy atom. The van der Waals surface area contributed by atoms with Gasteiger partial charge in [-0.2, -0.15) is 0 Å². The lowest BCUT2D eigenvalue weighted by molar-refractivity contribution is -0.146. The number of carbonyl (C=O) groups excluding carboxylic acids is 2. The summed E-state index contributed by atoms with van der Waals surface area (Å²) in [5, 5.41) is 2.96. The molecule has 2 aromatic carbocycles. The lowest BCUT2D eigenvalue weighted by Crippen LogP contribution is -2.36. The number of benzene rings is 2. The summed E-state index contributed by atoms with van der Waals surface area (Å²) in [7, 11) is 1.35. The molecule has 140 valence electrons. The van der Waals surface area contributed by atoms with Crippen molar-refractivity contribution in [3.63, 3.8) is 0 Å². The monoisotopic (exact) mass is 376 g/mol. The first kappa shape index (κ1) is 21.5. The number of amides is 1. The number of aryl methyl sites for hydroxylation is 1. The van der Waals surface area contributed by atoms with Crippen LogP contribution in [0.2, 0.25) is 0 Å². The molecule has 0 saturated heterocycles. The number of methoxy groups -OCH3 is 1. The normalized spacial score (nSPS) is 12.4. The van der Waals surface area contributed by atoms with Gasteiger partial charge in [-0.3, -0.25) is 9.59 Å². The second-order valence-electron chi connectivity index (χ2n) is 5.97. The third kappa shape index (κ3) is 5.77. The predicted molar refractivity (Wildman–Crippen MR) is 105 cm³/mol. The summed E-state index contributed by atoms with van der Waals surface area (Å²) in [6, 6.07) is 16.5.